The Labute approximate surface area is 167 Å². The molecule has 1 aliphatic rings. The van der Waals surface area contributed by atoms with Crippen molar-refractivity contribution >= 4 is 33.8 Å². The van der Waals surface area contributed by atoms with Crippen LogP contribution in [-0.4, -0.2) is 18.9 Å². The van der Waals surface area contributed by atoms with Gasteiger partial charge in [0.1, 0.15) is 5.75 Å². The molecule has 142 valence electrons. The van der Waals surface area contributed by atoms with Crippen LogP contribution in [0.4, 0.5) is 10.7 Å². The van der Waals surface area contributed by atoms with Crippen LogP contribution in [0.3, 0.4) is 0 Å². The highest BCUT2D eigenvalue weighted by atomic mass is 32.1. The minimum Gasteiger partial charge on any atom is -0.496 e. The Morgan fingerprint density at radius 3 is 2.61 bits per heavy atom. The second-order valence-corrected chi connectivity index (χ2v) is 7.69. The molecule has 2 N–H and O–H groups in total. The molecule has 1 aliphatic heterocycles. The highest BCUT2D eigenvalue weighted by Gasteiger charge is 2.34. The van der Waals surface area contributed by atoms with E-state index in [4.69, 9.17) is 4.74 Å². The molecule has 0 aliphatic carbocycles. The van der Waals surface area contributed by atoms with Crippen molar-refractivity contribution in [3.8, 4) is 5.75 Å². The number of thiophene rings is 1. The molecule has 2 aromatic carbocycles. The van der Waals surface area contributed by atoms with Gasteiger partial charge in [-0.15, -0.1) is 11.3 Å². The maximum Gasteiger partial charge on any atom is 0.266 e. The largest absolute Gasteiger partial charge is 0.496 e. The summed E-state index contributed by atoms with van der Waals surface area (Å²) in [4.78, 5) is 25.8. The summed E-state index contributed by atoms with van der Waals surface area (Å²) in [6.45, 7) is 1.94. The molecular formula is C22H20N2O3S. The van der Waals surface area contributed by atoms with Gasteiger partial charge in [0.15, 0.2) is 0 Å². The average Bonchev–Trinajstić information content (AvgIpc) is 3.04. The van der Waals surface area contributed by atoms with Crippen LogP contribution < -0.4 is 15.4 Å². The molecule has 5 nitrogen and oxygen atoms in total. The molecule has 0 spiro atoms. The van der Waals surface area contributed by atoms with Crippen LogP contribution in [0.15, 0.2) is 54.6 Å². The zero-order valence-electron chi connectivity index (χ0n) is 15.6. The summed E-state index contributed by atoms with van der Waals surface area (Å²) in [5.41, 5.74) is 3.58. The van der Waals surface area contributed by atoms with Crippen LogP contribution in [0, 0.1) is 6.92 Å². The lowest BCUT2D eigenvalue weighted by atomic mass is 9.84. The molecule has 0 unspecified atom stereocenters. The third-order valence-corrected chi connectivity index (χ3v) is 6.16. The van der Waals surface area contributed by atoms with Gasteiger partial charge in [-0.3, -0.25) is 9.59 Å². The maximum absolute atomic E-state index is 12.9. The fourth-order valence-corrected chi connectivity index (χ4v) is 4.83. The molecule has 3 aromatic rings. The predicted octanol–water partition coefficient (Wildman–Crippen LogP) is 4.79. The van der Waals surface area contributed by atoms with E-state index in [1.807, 2.05) is 61.5 Å². The summed E-state index contributed by atoms with van der Waals surface area (Å²) in [6.07, 6.45) is 0.324. The average molecular weight is 392 g/mol. The Balaban J connectivity index is 1.75. The number of carbonyl (C=O) groups is 2. The van der Waals surface area contributed by atoms with E-state index >= 15 is 0 Å². The van der Waals surface area contributed by atoms with E-state index in [2.05, 4.69) is 10.6 Å². The van der Waals surface area contributed by atoms with E-state index in [9.17, 15) is 9.59 Å². The number of fused-ring (bicyclic) bond motifs is 1. The van der Waals surface area contributed by atoms with Crippen molar-refractivity contribution < 1.29 is 14.3 Å². The second-order valence-electron chi connectivity index (χ2n) is 6.67. The first-order chi connectivity index (χ1) is 13.6. The molecule has 0 radical (unpaired) electrons. The van der Waals surface area contributed by atoms with E-state index in [-0.39, 0.29) is 17.7 Å². The van der Waals surface area contributed by atoms with Gasteiger partial charge in [-0.05, 0) is 36.2 Å². The molecule has 1 aromatic heterocycles. The Morgan fingerprint density at radius 1 is 1.14 bits per heavy atom. The summed E-state index contributed by atoms with van der Waals surface area (Å²) in [7, 11) is 1.63. The fraction of sp³-hybridized carbons (Fsp3) is 0.182. The number of carbonyl (C=O) groups excluding carboxylic acids is 2. The number of para-hydroxylation sites is 2. The highest BCUT2D eigenvalue weighted by molar-refractivity contribution is 7.18. The topological polar surface area (TPSA) is 67.4 Å². The second kappa shape index (κ2) is 7.48. The van der Waals surface area contributed by atoms with Gasteiger partial charge in [0.2, 0.25) is 5.91 Å². The van der Waals surface area contributed by atoms with Crippen LogP contribution in [0.2, 0.25) is 0 Å². The zero-order valence-corrected chi connectivity index (χ0v) is 16.4. The maximum atomic E-state index is 12.9. The lowest BCUT2D eigenvalue weighted by molar-refractivity contribution is -0.116. The van der Waals surface area contributed by atoms with Gasteiger partial charge in [0, 0.05) is 23.6 Å². The molecule has 0 bridgehead atoms. The number of benzene rings is 2. The quantitative estimate of drug-likeness (QED) is 0.671. The molecule has 2 heterocycles. The molecule has 0 saturated heterocycles. The SMILES string of the molecule is COc1ccccc1[C@H]1CC(=O)Nc2sc(C(=O)Nc3ccccc3)c(C)c21. The monoisotopic (exact) mass is 392 g/mol. The number of nitrogens with one attached hydrogen (secondary N) is 2. The summed E-state index contributed by atoms with van der Waals surface area (Å²) < 4.78 is 5.51. The van der Waals surface area contributed by atoms with Gasteiger partial charge in [-0.2, -0.15) is 0 Å². The first-order valence-electron chi connectivity index (χ1n) is 9.01. The van der Waals surface area contributed by atoms with E-state index in [0.717, 1.165) is 33.1 Å². The van der Waals surface area contributed by atoms with Crippen LogP contribution in [0.1, 0.15) is 38.7 Å². The van der Waals surface area contributed by atoms with Crippen molar-refractivity contribution in [2.24, 2.45) is 0 Å². The lowest BCUT2D eigenvalue weighted by Gasteiger charge is -2.25. The lowest BCUT2D eigenvalue weighted by Crippen LogP contribution is -2.23. The Bertz CT molecular complexity index is 1040. The summed E-state index contributed by atoms with van der Waals surface area (Å²) in [5, 5.41) is 6.61. The third-order valence-electron chi connectivity index (χ3n) is 4.94. The zero-order chi connectivity index (χ0) is 19.7. The molecule has 28 heavy (non-hydrogen) atoms. The Morgan fingerprint density at radius 2 is 1.86 bits per heavy atom. The molecule has 4 rings (SSSR count). The van der Waals surface area contributed by atoms with Crippen LogP contribution in [-0.2, 0) is 4.79 Å². The number of hydrogen-bond acceptors (Lipinski definition) is 4. The summed E-state index contributed by atoms with van der Waals surface area (Å²) in [5.74, 6) is 0.374. The van der Waals surface area contributed by atoms with Crippen molar-refractivity contribution in [1.82, 2.24) is 0 Å². The van der Waals surface area contributed by atoms with Crippen LogP contribution >= 0.6 is 11.3 Å². The van der Waals surface area contributed by atoms with Gasteiger partial charge in [0.25, 0.3) is 5.91 Å². The van der Waals surface area contributed by atoms with Gasteiger partial charge < -0.3 is 15.4 Å². The summed E-state index contributed by atoms with van der Waals surface area (Å²) >= 11 is 1.32. The van der Waals surface area contributed by atoms with Crippen molar-refractivity contribution in [2.45, 2.75) is 19.3 Å². The molecule has 0 saturated carbocycles. The van der Waals surface area contributed by atoms with Gasteiger partial charge in [-0.25, -0.2) is 0 Å². The van der Waals surface area contributed by atoms with Gasteiger partial charge in [-0.1, -0.05) is 36.4 Å². The van der Waals surface area contributed by atoms with Crippen LogP contribution in [0.25, 0.3) is 0 Å². The Kier molecular flexibility index (Phi) is 4.88. The number of anilines is 2. The normalized spacial score (nSPS) is 15.5. The Hall–Kier alpha value is -3.12. The van der Waals surface area contributed by atoms with Gasteiger partial charge in [0.05, 0.1) is 17.0 Å². The first-order valence-corrected chi connectivity index (χ1v) is 9.82. The predicted molar refractivity (Wildman–Crippen MR) is 112 cm³/mol. The van der Waals surface area contributed by atoms with Crippen molar-refractivity contribution in [1.29, 1.82) is 0 Å². The van der Waals surface area contributed by atoms with Crippen LogP contribution in [0.5, 0.6) is 5.75 Å². The highest BCUT2D eigenvalue weighted by Crippen LogP contribution is 2.47. The number of methoxy groups -OCH3 is 1. The van der Waals surface area contributed by atoms with E-state index in [1.165, 1.54) is 11.3 Å². The number of hydrogen-bond donors (Lipinski definition) is 2. The minimum atomic E-state index is -0.170. The number of ether oxygens (including phenoxy) is 1. The van der Waals surface area contributed by atoms with Crippen molar-refractivity contribution in [3.63, 3.8) is 0 Å². The molecule has 0 fully saturated rings. The number of amides is 2. The summed E-state index contributed by atoms with van der Waals surface area (Å²) in [6, 6.07) is 17.1. The first kappa shape index (κ1) is 18.3. The molecule has 1 atom stereocenters. The van der Waals surface area contributed by atoms with E-state index in [1.54, 1.807) is 7.11 Å². The van der Waals surface area contributed by atoms with Gasteiger partial charge >= 0.3 is 0 Å². The minimum absolute atomic E-state index is 0.0559. The molecular weight excluding hydrogens is 372 g/mol. The number of rotatable bonds is 4. The standard InChI is InChI=1S/C22H20N2O3S/c1-13-19-16(15-10-6-7-11-17(15)27-2)12-18(25)24-22(19)28-20(13)21(26)23-14-8-4-3-5-9-14/h3-11,16H,12H2,1-2H3,(H,23,26)(H,24,25)/t16-/m1/s1. The fourth-order valence-electron chi connectivity index (χ4n) is 3.65. The van der Waals surface area contributed by atoms with Crippen molar-refractivity contribution in [3.05, 3.63) is 76.2 Å². The van der Waals surface area contributed by atoms with E-state index < -0.39 is 0 Å². The van der Waals surface area contributed by atoms with E-state index in [0.29, 0.717) is 11.3 Å². The third kappa shape index (κ3) is 3.27. The smallest absolute Gasteiger partial charge is 0.266 e. The molecule has 6 heteroatoms. The van der Waals surface area contributed by atoms with Crippen molar-refractivity contribution in [2.75, 3.05) is 17.7 Å². The molecule has 2 amide bonds.